The molecule has 1 unspecified atom stereocenters. The molecule has 28 heavy (non-hydrogen) atoms. The molecule has 3 N–H and O–H groups in total. The van der Waals surface area contributed by atoms with E-state index in [4.69, 9.17) is 22.1 Å². The van der Waals surface area contributed by atoms with E-state index < -0.39 is 6.41 Å². The summed E-state index contributed by atoms with van der Waals surface area (Å²) in [5.41, 5.74) is 8.54. The average molecular weight is 423 g/mol. The summed E-state index contributed by atoms with van der Waals surface area (Å²) < 4.78 is 5.83. The summed E-state index contributed by atoms with van der Waals surface area (Å²) in [6.07, 6.45) is 3.06. The SMILES string of the molecule is Cl.NCC1(c2cccc(Cl)c2)CCC(N2C[C@@H](c3ccccc3)OC2O)CC1. The molecule has 4 nitrogen and oxygen atoms in total. The van der Waals surface area contributed by atoms with E-state index in [1.54, 1.807) is 0 Å². The molecule has 0 bridgehead atoms. The number of benzene rings is 2. The minimum atomic E-state index is -0.836. The zero-order chi connectivity index (χ0) is 18.9. The molecule has 0 spiro atoms. The van der Waals surface area contributed by atoms with Crippen LogP contribution in [0, 0.1) is 0 Å². The predicted molar refractivity (Wildman–Crippen MR) is 115 cm³/mol. The van der Waals surface area contributed by atoms with E-state index in [1.165, 1.54) is 5.56 Å². The zero-order valence-electron chi connectivity index (χ0n) is 15.8. The monoisotopic (exact) mass is 422 g/mol. The summed E-state index contributed by atoms with van der Waals surface area (Å²) >= 11 is 6.21. The molecule has 2 atom stereocenters. The number of hydrogen-bond donors (Lipinski definition) is 2. The molecule has 2 aromatic carbocycles. The third-order valence-corrected chi connectivity index (χ3v) is 6.56. The van der Waals surface area contributed by atoms with Gasteiger partial charge in [0.2, 0.25) is 6.41 Å². The van der Waals surface area contributed by atoms with Crippen molar-refractivity contribution in [1.82, 2.24) is 4.90 Å². The highest BCUT2D eigenvalue weighted by atomic mass is 35.5. The Balaban J connectivity index is 0.00000225. The topological polar surface area (TPSA) is 58.7 Å². The molecule has 6 heteroatoms. The molecule has 2 fully saturated rings. The van der Waals surface area contributed by atoms with Gasteiger partial charge in [-0.2, -0.15) is 0 Å². The van der Waals surface area contributed by atoms with Crippen molar-refractivity contribution in [2.45, 2.75) is 49.7 Å². The van der Waals surface area contributed by atoms with Crippen molar-refractivity contribution in [3.8, 4) is 0 Å². The minimum absolute atomic E-state index is 0. The van der Waals surface area contributed by atoms with Crippen molar-refractivity contribution in [2.24, 2.45) is 5.73 Å². The van der Waals surface area contributed by atoms with Gasteiger partial charge < -0.3 is 15.6 Å². The quantitative estimate of drug-likeness (QED) is 0.772. The number of nitrogens with two attached hydrogens (primary N) is 1. The number of rotatable bonds is 4. The van der Waals surface area contributed by atoms with Crippen LogP contribution in [0.4, 0.5) is 0 Å². The van der Waals surface area contributed by atoms with Gasteiger partial charge in [-0.05, 0) is 48.9 Å². The summed E-state index contributed by atoms with van der Waals surface area (Å²) in [6, 6.07) is 18.5. The van der Waals surface area contributed by atoms with Gasteiger partial charge in [-0.3, -0.25) is 0 Å². The van der Waals surface area contributed by atoms with Gasteiger partial charge >= 0.3 is 0 Å². The number of ether oxygens (including phenoxy) is 1. The summed E-state index contributed by atoms with van der Waals surface area (Å²) in [5.74, 6) is 0. The minimum Gasteiger partial charge on any atom is -0.356 e. The van der Waals surface area contributed by atoms with Crippen LogP contribution in [0.5, 0.6) is 0 Å². The largest absolute Gasteiger partial charge is 0.356 e. The molecule has 1 saturated carbocycles. The van der Waals surface area contributed by atoms with Crippen LogP contribution in [0.3, 0.4) is 0 Å². The van der Waals surface area contributed by atoms with Crippen LogP contribution < -0.4 is 5.73 Å². The maximum atomic E-state index is 10.5. The third kappa shape index (κ3) is 4.23. The lowest BCUT2D eigenvalue weighted by Gasteiger charge is -2.43. The standard InChI is InChI=1S/C22H27ClN2O2.ClH/c23-18-8-4-7-17(13-18)22(15-24)11-9-19(10-12-22)25-14-20(27-21(25)26)16-5-2-1-3-6-16;/h1-8,13,19-21,26H,9-12,14-15,24H2;1H/t19?,20-,21?,22?;/m0./s1. The fraction of sp³-hybridized carbons (Fsp3) is 0.455. The van der Waals surface area contributed by atoms with Crippen LogP contribution in [0.1, 0.15) is 42.9 Å². The first kappa shape index (κ1) is 21.6. The lowest BCUT2D eigenvalue weighted by molar-refractivity contribution is -0.164. The molecule has 1 heterocycles. The van der Waals surface area contributed by atoms with Gasteiger partial charge in [0.1, 0.15) is 0 Å². The van der Waals surface area contributed by atoms with E-state index in [0.717, 1.165) is 42.8 Å². The number of nitrogens with zero attached hydrogens (tertiary/aromatic N) is 1. The highest BCUT2D eigenvalue weighted by Crippen LogP contribution is 2.42. The van der Waals surface area contributed by atoms with Gasteiger partial charge in [-0.1, -0.05) is 54.1 Å². The first-order valence-corrected chi connectivity index (χ1v) is 10.1. The molecule has 0 aromatic heterocycles. The van der Waals surface area contributed by atoms with Crippen LogP contribution in [-0.4, -0.2) is 35.6 Å². The molecule has 2 aromatic rings. The Morgan fingerprint density at radius 1 is 1.11 bits per heavy atom. The fourth-order valence-electron chi connectivity index (χ4n) is 4.65. The molecule has 152 valence electrons. The van der Waals surface area contributed by atoms with Gasteiger partial charge in [0.25, 0.3) is 0 Å². The second-order valence-corrected chi connectivity index (χ2v) is 8.22. The first-order valence-electron chi connectivity index (χ1n) is 9.72. The van der Waals surface area contributed by atoms with Gasteiger partial charge in [0.15, 0.2) is 0 Å². The average Bonchev–Trinajstić information content (AvgIpc) is 3.10. The lowest BCUT2D eigenvalue weighted by atomic mass is 9.68. The lowest BCUT2D eigenvalue weighted by Crippen LogP contribution is -2.47. The van der Waals surface area contributed by atoms with Crippen LogP contribution in [0.25, 0.3) is 0 Å². The maximum absolute atomic E-state index is 10.5. The second kappa shape index (κ2) is 9.12. The van der Waals surface area contributed by atoms with Crippen molar-refractivity contribution >= 4 is 24.0 Å². The molecule has 0 amide bonds. The summed E-state index contributed by atoms with van der Waals surface area (Å²) in [7, 11) is 0. The molecule has 4 rings (SSSR count). The Labute approximate surface area is 178 Å². The highest BCUT2D eigenvalue weighted by Gasteiger charge is 2.42. The molecule has 1 aliphatic heterocycles. The molecular weight excluding hydrogens is 395 g/mol. The van der Waals surface area contributed by atoms with Crippen LogP contribution >= 0.6 is 24.0 Å². The van der Waals surface area contributed by atoms with E-state index >= 15 is 0 Å². The first-order chi connectivity index (χ1) is 13.1. The molecule has 0 radical (unpaired) electrons. The van der Waals surface area contributed by atoms with E-state index in [9.17, 15) is 5.11 Å². The smallest absolute Gasteiger partial charge is 0.217 e. The van der Waals surface area contributed by atoms with Gasteiger partial charge in [0, 0.05) is 29.6 Å². The summed E-state index contributed by atoms with van der Waals surface area (Å²) in [6.45, 7) is 1.34. The maximum Gasteiger partial charge on any atom is 0.217 e. The van der Waals surface area contributed by atoms with Crippen LogP contribution in [0.2, 0.25) is 5.02 Å². The van der Waals surface area contributed by atoms with Crippen molar-refractivity contribution in [1.29, 1.82) is 0 Å². The van der Waals surface area contributed by atoms with E-state index in [0.29, 0.717) is 12.6 Å². The predicted octanol–water partition coefficient (Wildman–Crippen LogP) is 4.25. The Morgan fingerprint density at radius 2 is 1.82 bits per heavy atom. The van der Waals surface area contributed by atoms with Gasteiger partial charge in [-0.25, -0.2) is 4.90 Å². The Morgan fingerprint density at radius 3 is 2.46 bits per heavy atom. The highest BCUT2D eigenvalue weighted by molar-refractivity contribution is 6.30. The summed E-state index contributed by atoms with van der Waals surface area (Å²) in [4.78, 5) is 2.11. The molecule has 1 aliphatic carbocycles. The van der Waals surface area contributed by atoms with Crippen molar-refractivity contribution < 1.29 is 9.84 Å². The number of aliphatic hydroxyl groups excluding tert-OH is 1. The number of hydrogen-bond acceptors (Lipinski definition) is 4. The second-order valence-electron chi connectivity index (χ2n) is 7.78. The summed E-state index contributed by atoms with van der Waals surface area (Å²) in [5, 5.41) is 11.2. The van der Waals surface area contributed by atoms with Crippen LogP contribution in [-0.2, 0) is 10.2 Å². The molecule has 2 aliphatic rings. The number of halogens is 2. The Bertz CT molecular complexity index is 766. The molecule has 1 saturated heterocycles. The van der Waals surface area contributed by atoms with Crippen molar-refractivity contribution in [3.05, 3.63) is 70.7 Å². The zero-order valence-corrected chi connectivity index (χ0v) is 17.4. The number of aliphatic hydroxyl groups is 1. The Hall–Kier alpha value is -1.14. The molecular formula is C22H28Cl2N2O2. The van der Waals surface area contributed by atoms with Crippen molar-refractivity contribution in [3.63, 3.8) is 0 Å². The fourth-order valence-corrected chi connectivity index (χ4v) is 4.84. The van der Waals surface area contributed by atoms with E-state index in [1.807, 2.05) is 36.4 Å². The van der Waals surface area contributed by atoms with E-state index in [2.05, 4.69) is 23.1 Å². The van der Waals surface area contributed by atoms with Crippen LogP contribution in [0.15, 0.2) is 54.6 Å². The van der Waals surface area contributed by atoms with Gasteiger partial charge in [0.05, 0.1) is 6.10 Å². The Kier molecular flexibility index (Phi) is 7.02. The third-order valence-electron chi connectivity index (χ3n) is 6.33. The normalized spacial score (nSPS) is 30.8. The van der Waals surface area contributed by atoms with Crippen molar-refractivity contribution in [2.75, 3.05) is 13.1 Å². The van der Waals surface area contributed by atoms with Gasteiger partial charge in [-0.15, -0.1) is 12.4 Å². The van der Waals surface area contributed by atoms with E-state index in [-0.39, 0.29) is 23.9 Å².